The lowest BCUT2D eigenvalue weighted by atomic mass is 10.2. The molecule has 1 saturated heterocycles. The Morgan fingerprint density at radius 2 is 2.14 bits per heavy atom. The maximum absolute atomic E-state index is 12.6. The Hall–Kier alpha value is -1.93. The summed E-state index contributed by atoms with van der Waals surface area (Å²) in [4.78, 5) is 38.5. The number of ether oxygens (including phenoxy) is 1. The smallest absolute Gasteiger partial charge is 0.305 e. The van der Waals surface area contributed by atoms with Gasteiger partial charge in [0.1, 0.15) is 11.8 Å². The van der Waals surface area contributed by atoms with Crippen LogP contribution in [0.25, 0.3) is 0 Å². The van der Waals surface area contributed by atoms with Crippen LogP contribution in [-0.4, -0.2) is 66.9 Å². The molecule has 1 atom stereocenters. The van der Waals surface area contributed by atoms with E-state index in [4.69, 9.17) is 9.84 Å². The van der Waals surface area contributed by atoms with Crippen LogP contribution in [0.5, 0.6) is 0 Å². The van der Waals surface area contributed by atoms with Crippen molar-refractivity contribution in [3.8, 4) is 0 Å². The van der Waals surface area contributed by atoms with Gasteiger partial charge in [0.25, 0.3) is 11.8 Å². The highest BCUT2D eigenvalue weighted by atomic mass is 35.5. The highest BCUT2D eigenvalue weighted by Gasteiger charge is 2.32. The average molecular weight is 469 g/mol. The Kier molecular flexibility index (Phi) is 9.79. The van der Waals surface area contributed by atoms with Crippen LogP contribution in [0.1, 0.15) is 16.8 Å². The number of thioether (sulfide) groups is 1. The third-order valence-electron chi connectivity index (χ3n) is 3.57. The van der Waals surface area contributed by atoms with E-state index in [9.17, 15) is 22.8 Å². The molecule has 29 heavy (non-hydrogen) atoms. The summed E-state index contributed by atoms with van der Waals surface area (Å²) in [6.07, 6.45) is 3.28. The van der Waals surface area contributed by atoms with Crippen LogP contribution < -0.4 is 27.2 Å². The zero-order valence-electron chi connectivity index (χ0n) is 15.4. The molecule has 1 aliphatic rings. The number of hydrogen-bond donors (Lipinski definition) is 3. The van der Waals surface area contributed by atoms with Gasteiger partial charge in [0.2, 0.25) is 16.6 Å². The number of aliphatic carboxylic acids is 1. The summed E-state index contributed by atoms with van der Waals surface area (Å²) >= 11 is 1.50. The van der Waals surface area contributed by atoms with Crippen molar-refractivity contribution in [1.29, 1.82) is 0 Å². The number of sulfonamides is 1. The molecule has 1 unspecified atom stereocenters. The van der Waals surface area contributed by atoms with Gasteiger partial charge < -0.3 is 27.2 Å². The topological polar surface area (TPSA) is 146 Å². The van der Waals surface area contributed by atoms with Crippen LogP contribution >= 0.6 is 11.8 Å². The fraction of sp³-hybridized carbons (Fsp3) is 0.467. The second-order valence-corrected chi connectivity index (χ2v) is 8.67. The van der Waals surface area contributed by atoms with Gasteiger partial charge in [-0.05, 0) is 6.07 Å². The number of hydrogen-bond acceptors (Lipinski definition) is 7. The largest absolute Gasteiger partial charge is 1.00 e. The molecular weight excluding hydrogens is 448 g/mol. The number of aromatic nitrogens is 1. The van der Waals surface area contributed by atoms with Crippen molar-refractivity contribution in [3.05, 3.63) is 30.1 Å². The maximum Gasteiger partial charge on any atom is 0.305 e. The van der Waals surface area contributed by atoms with Gasteiger partial charge in [0.15, 0.2) is 12.4 Å². The van der Waals surface area contributed by atoms with Crippen LogP contribution in [0.3, 0.4) is 0 Å². The summed E-state index contributed by atoms with van der Waals surface area (Å²) in [6.45, 7) is -0.0412. The van der Waals surface area contributed by atoms with E-state index >= 15 is 0 Å². The molecule has 11 nitrogen and oxygen atoms in total. The lowest BCUT2D eigenvalue weighted by Crippen LogP contribution is -3.00. The van der Waals surface area contributed by atoms with Gasteiger partial charge in [-0.25, -0.2) is 8.42 Å². The van der Waals surface area contributed by atoms with Crippen LogP contribution in [0.2, 0.25) is 0 Å². The van der Waals surface area contributed by atoms with Gasteiger partial charge in [-0.3, -0.25) is 19.8 Å². The maximum atomic E-state index is 12.6. The summed E-state index contributed by atoms with van der Waals surface area (Å²) < 4.78 is 29.1. The fourth-order valence-corrected chi connectivity index (χ4v) is 3.66. The molecule has 14 heteroatoms. The zero-order chi connectivity index (χ0) is 20.7. The molecular formula is C15H21ClN4O7S2. The number of pyridine rings is 1. The second-order valence-electron chi connectivity index (χ2n) is 5.93. The molecule has 0 aliphatic carbocycles. The molecule has 2 heterocycles. The molecule has 1 aromatic heterocycles. The van der Waals surface area contributed by atoms with Crippen molar-refractivity contribution in [3.63, 3.8) is 0 Å². The molecule has 0 saturated carbocycles. The Bertz CT molecular complexity index is 853. The molecule has 1 fully saturated rings. The van der Waals surface area contributed by atoms with Crippen molar-refractivity contribution < 1.29 is 49.6 Å². The van der Waals surface area contributed by atoms with Gasteiger partial charge in [-0.2, -0.15) is 4.57 Å². The summed E-state index contributed by atoms with van der Waals surface area (Å²) in [7, 11) is -3.59. The molecule has 2 rings (SSSR count). The Balaban J connectivity index is 0.00000420. The average Bonchev–Trinajstić information content (AvgIpc) is 3.07. The van der Waals surface area contributed by atoms with Gasteiger partial charge in [-0.1, -0.05) is 0 Å². The Morgan fingerprint density at radius 1 is 1.41 bits per heavy atom. The van der Waals surface area contributed by atoms with E-state index < -0.39 is 28.1 Å². The first-order chi connectivity index (χ1) is 13.2. The minimum absolute atomic E-state index is 0. The summed E-state index contributed by atoms with van der Waals surface area (Å²) in [5, 5.41) is 8.67. The number of nitrogens with zero attached hydrogens (tertiary/aromatic N) is 2. The molecule has 0 bridgehead atoms. The third-order valence-corrected chi connectivity index (χ3v) is 5.03. The van der Waals surface area contributed by atoms with Crippen LogP contribution in [0, 0.1) is 0 Å². The first-order valence-electron chi connectivity index (χ1n) is 8.12. The van der Waals surface area contributed by atoms with E-state index in [0.29, 0.717) is 11.6 Å². The van der Waals surface area contributed by atoms with Gasteiger partial charge >= 0.3 is 5.97 Å². The van der Waals surface area contributed by atoms with Crippen LogP contribution in [0.15, 0.2) is 24.5 Å². The second kappa shape index (κ2) is 11.3. The molecule has 1 aromatic rings. The number of carboxylic acid groups (broad SMARTS) is 1. The van der Waals surface area contributed by atoms with E-state index in [1.807, 2.05) is 4.83 Å². The quantitative estimate of drug-likeness (QED) is 0.243. The lowest BCUT2D eigenvalue weighted by molar-refractivity contribution is -0.685. The van der Waals surface area contributed by atoms with Crippen molar-refractivity contribution in [2.75, 3.05) is 24.5 Å². The summed E-state index contributed by atoms with van der Waals surface area (Å²) in [5.41, 5.74) is 2.22. The molecule has 1 aliphatic heterocycles. The first kappa shape index (κ1) is 25.1. The molecule has 3 N–H and O–H groups in total. The van der Waals surface area contributed by atoms with Crippen molar-refractivity contribution in [2.45, 2.75) is 19.2 Å². The summed E-state index contributed by atoms with van der Waals surface area (Å²) in [6, 6.07) is 3.03. The number of halogens is 1. The van der Waals surface area contributed by atoms with Crippen LogP contribution in [0.4, 0.5) is 0 Å². The van der Waals surface area contributed by atoms with Crippen molar-refractivity contribution in [2.24, 2.45) is 0 Å². The van der Waals surface area contributed by atoms with E-state index in [1.54, 1.807) is 12.3 Å². The Labute approximate surface area is 178 Å². The molecule has 0 spiro atoms. The Morgan fingerprint density at radius 3 is 2.79 bits per heavy atom. The van der Waals surface area contributed by atoms with Gasteiger partial charge in [0.05, 0.1) is 25.2 Å². The van der Waals surface area contributed by atoms with Crippen LogP contribution in [-0.2, 0) is 30.9 Å². The first-order valence-corrected chi connectivity index (χ1v) is 11.2. The standard InChI is InChI=1S/C15H20N4O7S2.ClH/c1-28(24,25)17-16-15(23)11-3-2-5-18(7-11)8-12(20)19-10-27-9-13(19)26-6-4-14(21)22;/h2-3,5,7,13,17H,4,6,8-10H2,1H3,(H-,16,21,22,23);1H. The van der Waals surface area contributed by atoms with Crippen molar-refractivity contribution >= 4 is 39.6 Å². The van der Waals surface area contributed by atoms with Gasteiger partial charge in [-0.15, -0.1) is 16.6 Å². The SMILES string of the molecule is CS(=O)(=O)NNC(=O)c1ccc[n+](CC(=O)N2CSCC2OCCC(=O)O)c1.[Cl-]. The predicted molar refractivity (Wildman–Crippen MR) is 98.2 cm³/mol. The highest BCUT2D eigenvalue weighted by molar-refractivity contribution is 7.99. The number of amides is 2. The molecule has 2 amide bonds. The predicted octanol–water partition coefficient (Wildman–Crippen LogP) is -4.48. The number of rotatable bonds is 9. The van der Waals surface area contributed by atoms with Gasteiger partial charge in [0, 0.05) is 11.8 Å². The number of hydrazine groups is 1. The van der Waals surface area contributed by atoms with E-state index in [1.165, 1.54) is 33.5 Å². The van der Waals surface area contributed by atoms with Crippen molar-refractivity contribution in [1.82, 2.24) is 15.2 Å². The monoisotopic (exact) mass is 468 g/mol. The minimum Gasteiger partial charge on any atom is -1.00 e. The van der Waals surface area contributed by atoms with E-state index in [0.717, 1.165) is 6.26 Å². The van der Waals surface area contributed by atoms with E-state index in [-0.39, 0.29) is 43.5 Å². The molecule has 0 aromatic carbocycles. The zero-order valence-corrected chi connectivity index (χ0v) is 17.8. The highest BCUT2D eigenvalue weighted by Crippen LogP contribution is 2.22. The molecule has 162 valence electrons. The third kappa shape index (κ3) is 8.53. The fourth-order valence-electron chi connectivity index (χ4n) is 2.29. The molecule has 0 radical (unpaired) electrons. The van der Waals surface area contributed by atoms with E-state index in [2.05, 4.69) is 5.43 Å². The number of carboxylic acids is 1. The number of carbonyl (C=O) groups is 3. The lowest BCUT2D eigenvalue weighted by Gasteiger charge is -2.22. The normalized spacial score (nSPS) is 16.2. The minimum atomic E-state index is -3.59. The number of nitrogens with one attached hydrogen (secondary N) is 2. The summed E-state index contributed by atoms with van der Waals surface area (Å²) in [5.74, 6) is -0.911. The number of carbonyl (C=O) groups excluding carboxylic acids is 2.